The molecule has 0 aliphatic heterocycles. The quantitative estimate of drug-likeness (QED) is 0.225. The summed E-state index contributed by atoms with van der Waals surface area (Å²) in [6.45, 7) is 2.70. The molecule has 26 heavy (non-hydrogen) atoms. The normalized spacial score (nSPS) is 28.6. The van der Waals surface area contributed by atoms with Gasteiger partial charge in [0.15, 0.2) is 0 Å². The molecule has 0 saturated carbocycles. The van der Waals surface area contributed by atoms with Gasteiger partial charge in [-0.15, -0.1) is 0 Å². The average molecular weight is 618 g/mol. The highest BCUT2D eigenvalue weighted by atomic mass is 79.9. The van der Waals surface area contributed by atoms with Gasteiger partial charge >= 0.3 is 0 Å². The summed E-state index contributed by atoms with van der Waals surface area (Å²) in [6.07, 6.45) is 7.68. The highest BCUT2D eigenvalue weighted by Crippen LogP contribution is 2.31. The number of hydrogen-bond donors (Lipinski definition) is 2. The Morgan fingerprint density at radius 2 is 1.58 bits per heavy atom. The SMILES string of the molecule is O=NC1C(CNCCNCC2C=C(Br)C=C(Br)C2N=O)=CC(Br)=CC1Br. The zero-order valence-corrected chi connectivity index (χ0v) is 20.0. The van der Waals surface area contributed by atoms with Gasteiger partial charge in [-0.2, -0.15) is 9.81 Å². The predicted octanol–water partition coefficient (Wildman–Crippen LogP) is 4.61. The molecule has 10 heteroatoms. The van der Waals surface area contributed by atoms with Crippen LogP contribution in [0.15, 0.2) is 53.7 Å². The van der Waals surface area contributed by atoms with Crippen molar-refractivity contribution in [2.75, 3.05) is 26.2 Å². The number of halogens is 4. The minimum Gasteiger partial charge on any atom is -0.315 e. The molecule has 0 heterocycles. The maximum absolute atomic E-state index is 11.1. The Labute approximate surface area is 185 Å². The Hall–Kier alpha value is -0.000000000000000222. The molecule has 4 unspecified atom stereocenters. The Bertz CT molecular complexity index is 663. The molecule has 0 aromatic carbocycles. The van der Waals surface area contributed by atoms with Crippen LogP contribution in [0.5, 0.6) is 0 Å². The smallest absolute Gasteiger partial charge is 0.131 e. The molecule has 0 bridgehead atoms. The first-order chi connectivity index (χ1) is 12.5. The van der Waals surface area contributed by atoms with Crippen LogP contribution in [0, 0.1) is 15.7 Å². The second-order valence-corrected chi connectivity index (χ2v) is 9.75. The van der Waals surface area contributed by atoms with E-state index in [0.29, 0.717) is 13.1 Å². The van der Waals surface area contributed by atoms with Crippen molar-refractivity contribution in [3.63, 3.8) is 0 Å². The highest BCUT2D eigenvalue weighted by Gasteiger charge is 2.27. The van der Waals surface area contributed by atoms with Crippen molar-refractivity contribution in [2.24, 2.45) is 16.3 Å². The van der Waals surface area contributed by atoms with Crippen LogP contribution in [-0.4, -0.2) is 43.1 Å². The lowest BCUT2D eigenvalue weighted by Gasteiger charge is -2.23. The van der Waals surface area contributed by atoms with E-state index >= 15 is 0 Å². The van der Waals surface area contributed by atoms with Crippen LogP contribution >= 0.6 is 63.7 Å². The molecule has 0 aromatic rings. The van der Waals surface area contributed by atoms with E-state index < -0.39 is 12.1 Å². The van der Waals surface area contributed by atoms with Gasteiger partial charge in [-0.1, -0.05) is 86.2 Å². The summed E-state index contributed by atoms with van der Waals surface area (Å²) in [7, 11) is 0. The molecule has 2 aliphatic rings. The van der Waals surface area contributed by atoms with Crippen molar-refractivity contribution < 1.29 is 0 Å². The highest BCUT2D eigenvalue weighted by molar-refractivity contribution is 9.12. The molecular formula is C16H18Br4N4O2. The summed E-state index contributed by atoms with van der Waals surface area (Å²) in [5.41, 5.74) is 0.940. The second kappa shape index (κ2) is 11.1. The molecule has 0 saturated heterocycles. The molecule has 2 N–H and O–H groups in total. The number of nitroso groups, excluding NO2 is 2. The predicted molar refractivity (Wildman–Crippen MR) is 120 cm³/mol. The van der Waals surface area contributed by atoms with Crippen LogP contribution in [0.1, 0.15) is 0 Å². The largest absolute Gasteiger partial charge is 0.315 e. The van der Waals surface area contributed by atoms with Crippen molar-refractivity contribution >= 4 is 63.7 Å². The Kier molecular flexibility index (Phi) is 9.53. The van der Waals surface area contributed by atoms with E-state index in [4.69, 9.17) is 0 Å². The third kappa shape index (κ3) is 6.27. The summed E-state index contributed by atoms with van der Waals surface area (Å²) in [5.74, 6) is 0.00111. The van der Waals surface area contributed by atoms with Crippen LogP contribution in [0.2, 0.25) is 0 Å². The summed E-state index contributed by atoms with van der Waals surface area (Å²) < 4.78 is 2.66. The maximum atomic E-state index is 11.1. The van der Waals surface area contributed by atoms with E-state index in [0.717, 1.165) is 32.1 Å². The van der Waals surface area contributed by atoms with Gasteiger partial charge in [0.1, 0.15) is 12.1 Å². The summed E-state index contributed by atoms with van der Waals surface area (Å²) in [5, 5.41) is 13.1. The van der Waals surface area contributed by atoms with E-state index in [1.165, 1.54) is 0 Å². The number of nitrogens with one attached hydrogen (secondary N) is 2. The third-order valence-electron chi connectivity index (χ3n) is 4.08. The van der Waals surface area contributed by atoms with E-state index in [2.05, 4.69) is 84.7 Å². The lowest BCUT2D eigenvalue weighted by molar-refractivity contribution is 0.501. The number of alkyl halides is 1. The first-order valence-corrected chi connectivity index (χ1v) is 11.3. The number of hydrogen-bond acceptors (Lipinski definition) is 6. The Morgan fingerprint density at radius 3 is 2.27 bits per heavy atom. The average Bonchev–Trinajstić information content (AvgIpc) is 2.57. The van der Waals surface area contributed by atoms with Crippen molar-refractivity contribution in [1.29, 1.82) is 0 Å². The first kappa shape index (κ1) is 22.3. The molecule has 4 atom stereocenters. The van der Waals surface area contributed by atoms with Crippen molar-refractivity contribution in [1.82, 2.24) is 10.6 Å². The van der Waals surface area contributed by atoms with Crippen molar-refractivity contribution in [3.8, 4) is 0 Å². The van der Waals surface area contributed by atoms with Gasteiger partial charge in [-0.3, -0.25) is 0 Å². The molecule has 2 rings (SSSR count). The monoisotopic (exact) mass is 614 g/mol. The first-order valence-electron chi connectivity index (χ1n) is 7.99. The third-order valence-corrected chi connectivity index (χ3v) is 6.52. The molecule has 0 aromatic heterocycles. The Balaban J connectivity index is 1.73. The van der Waals surface area contributed by atoms with E-state index in [-0.39, 0.29) is 10.7 Å². The number of allylic oxidation sites excluding steroid dienone is 4. The molecule has 0 spiro atoms. The maximum Gasteiger partial charge on any atom is 0.131 e. The molecule has 0 radical (unpaired) electrons. The fourth-order valence-electron chi connectivity index (χ4n) is 2.78. The van der Waals surface area contributed by atoms with Crippen LogP contribution in [0.25, 0.3) is 0 Å². The topological polar surface area (TPSA) is 82.9 Å². The number of nitrogens with zero attached hydrogens (tertiary/aromatic N) is 2. The molecule has 0 amide bonds. The van der Waals surface area contributed by atoms with Crippen LogP contribution in [-0.2, 0) is 0 Å². The molecule has 6 nitrogen and oxygen atoms in total. The summed E-state index contributed by atoms with van der Waals surface area (Å²) in [6, 6.07) is -0.798. The van der Waals surface area contributed by atoms with Crippen molar-refractivity contribution in [2.45, 2.75) is 16.9 Å². The lowest BCUT2D eigenvalue weighted by Crippen LogP contribution is -2.36. The summed E-state index contributed by atoms with van der Waals surface area (Å²) in [4.78, 5) is 22.0. The van der Waals surface area contributed by atoms with E-state index in [1.54, 1.807) is 0 Å². The van der Waals surface area contributed by atoms with Crippen LogP contribution in [0.3, 0.4) is 0 Å². The Morgan fingerprint density at radius 1 is 0.923 bits per heavy atom. The molecule has 0 fully saturated rings. The van der Waals surface area contributed by atoms with Gasteiger partial charge in [0.25, 0.3) is 0 Å². The minimum absolute atomic E-state index is 0.00111. The van der Waals surface area contributed by atoms with E-state index in [9.17, 15) is 9.81 Å². The van der Waals surface area contributed by atoms with Gasteiger partial charge in [0.2, 0.25) is 0 Å². The fourth-order valence-corrected chi connectivity index (χ4v) is 6.00. The number of rotatable bonds is 9. The lowest BCUT2D eigenvalue weighted by atomic mass is 9.96. The van der Waals surface area contributed by atoms with Crippen molar-refractivity contribution in [3.05, 3.63) is 53.1 Å². The van der Waals surface area contributed by atoms with Gasteiger partial charge < -0.3 is 10.6 Å². The molecule has 2 aliphatic carbocycles. The standard InChI is InChI=1S/C16H18Br4N4O2/c17-11-3-9(15(23-25)13(19)5-11)7-21-1-2-22-8-10-4-12(18)6-14(20)16(10)24-26/h3-6,9,14-16,21-22H,1-2,7-8H2. The van der Waals surface area contributed by atoms with Crippen LogP contribution in [0.4, 0.5) is 0 Å². The summed E-state index contributed by atoms with van der Waals surface area (Å²) >= 11 is 13.8. The van der Waals surface area contributed by atoms with Gasteiger partial charge in [-0.25, -0.2) is 0 Å². The molecule has 142 valence electrons. The van der Waals surface area contributed by atoms with Gasteiger partial charge in [0, 0.05) is 45.5 Å². The zero-order valence-electron chi connectivity index (χ0n) is 13.7. The van der Waals surface area contributed by atoms with Crippen LogP contribution < -0.4 is 10.6 Å². The zero-order chi connectivity index (χ0) is 19.1. The van der Waals surface area contributed by atoms with Gasteiger partial charge in [0.05, 0.1) is 4.83 Å². The van der Waals surface area contributed by atoms with E-state index in [1.807, 2.05) is 24.3 Å². The fraction of sp³-hybridized carbons (Fsp3) is 0.500. The van der Waals surface area contributed by atoms with Gasteiger partial charge in [-0.05, 0) is 17.7 Å². The minimum atomic E-state index is -0.399. The second-order valence-electron chi connectivity index (χ2n) is 5.94. The molecular weight excluding hydrogens is 600 g/mol.